The minimum Gasteiger partial charge on any atom is -0.458 e. The highest BCUT2D eigenvalue weighted by Crippen LogP contribution is 2.32. The van der Waals surface area contributed by atoms with E-state index >= 15 is 0 Å². The number of cyclic esters (lactones) is 1. The molecule has 0 spiro atoms. The van der Waals surface area contributed by atoms with Gasteiger partial charge in [0.15, 0.2) is 12.2 Å². The van der Waals surface area contributed by atoms with Crippen LogP contribution in [0.4, 0.5) is 4.79 Å². The molecule has 2 heterocycles. The van der Waals surface area contributed by atoms with Crippen LogP contribution in [0.25, 0.3) is 0 Å². The lowest BCUT2D eigenvalue weighted by Crippen LogP contribution is -2.41. The lowest BCUT2D eigenvalue weighted by Gasteiger charge is -2.26. The van der Waals surface area contributed by atoms with Crippen LogP contribution in [0.5, 0.6) is 0 Å². The van der Waals surface area contributed by atoms with Gasteiger partial charge in [-0.2, -0.15) is 0 Å². The van der Waals surface area contributed by atoms with Crippen LogP contribution in [0.3, 0.4) is 0 Å². The molecule has 0 aromatic heterocycles. The Kier molecular flexibility index (Phi) is 3.62. The maximum Gasteiger partial charge on any atom is 0.509 e. The summed E-state index contributed by atoms with van der Waals surface area (Å²) in [7, 11) is 0. The second-order valence-corrected chi connectivity index (χ2v) is 5.62. The largest absolute Gasteiger partial charge is 0.509 e. The number of ether oxygens (including phenoxy) is 4. The molecule has 0 aliphatic carbocycles. The second-order valence-electron chi connectivity index (χ2n) is 5.62. The van der Waals surface area contributed by atoms with E-state index < -0.39 is 47.9 Å². The monoisotopic (exact) mass is 286 g/mol. The molecule has 112 valence electrons. The van der Waals surface area contributed by atoms with Gasteiger partial charge in [0.25, 0.3) is 0 Å². The lowest BCUT2D eigenvalue weighted by molar-refractivity contribution is -0.171. The third kappa shape index (κ3) is 2.44. The van der Waals surface area contributed by atoms with E-state index in [9.17, 15) is 14.4 Å². The average Bonchev–Trinajstić information content (AvgIpc) is 2.88. The van der Waals surface area contributed by atoms with Crippen molar-refractivity contribution >= 4 is 18.1 Å². The van der Waals surface area contributed by atoms with E-state index in [-0.39, 0.29) is 0 Å². The minimum absolute atomic E-state index is 0.391. The second kappa shape index (κ2) is 4.96. The first-order valence-electron chi connectivity index (χ1n) is 6.55. The third-order valence-corrected chi connectivity index (χ3v) is 3.75. The number of esters is 2. The molecule has 2 aliphatic rings. The van der Waals surface area contributed by atoms with Crippen LogP contribution in [0, 0.1) is 5.41 Å². The van der Waals surface area contributed by atoms with Gasteiger partial charge < -0.3 is 18.9 Å². The Balaban J connectivity index is 2.03. The van der Waals surface area contributed by atoms with Crippen LogP contribution in [-0.2, 0) is 28.5 Å². The number of rotatable bonds is 4. The van der Waals surface area contributed by atoms with Crippen molar-refractivity contribution in [2.24, 2.45) is 5.41 Å². The fraction of sp³-hybridized carbons (Fsp3) is 0.769. The quantitative estimate of drug-likeness (QED) is 0.566. The fourth-order valence-electron chi connectivity index (χ4n) is 1.96. The zero-order chi connectivity index (χ0) is 15.1. The van der Waals surface area contributed by atoms with Gasteiger partial charge in [-0.1, -0.05) is 6.92 Å². The third-order valence-electron chi connectivity index (χ3n) is 3.75. The lowest BCUT2D eigenvalue weighted by atomic mass is 9.90. The van der Waals surface area contributed by atoms with Crippen molar-refractivity contribution in [3.8, 4) is 0 Å². The van der Waals surface area contributed by atoms with Crippen LogP contribution >= 0.6 is 0 Å². The van der Waals surface area contributed by atoms with Gasteiger partial charge in [0.1, 0.15) is 6.10 Å². The van der Waals surface area contributed by atoms with E-state index in [1.807, 2.05) is 6.92 Å². The summed E-state index contributed by atoms with van der Waals surface area (Å²) in [6, 6.07) is 0. The van der Waals surface area contributed by atoms with Gasteiger partial charge in [-0.15, -0.1) is 0 Å². The first-order chi connectivity index (χ1) is 9.26. The SMILES string of the molecule is CCC(C)(C)C(=O)OC(C)C1OC(=O)C2OC(=O)OC21. The highest BCUT2D eigenvalue weighted by Gasteiger charge is 2.57. The highest BCUT2D eigenvalue weighted by atomic mass is 16.8. The van der Waals surface area contributed by atoms with Crippen LogP contribution in [0.15, 0.2) is 0 Å². The molecule has 2 fully saturated rings. The summed E-state index contributed by atoms with van der Waals surface area (Å²) in [5.41, 5.74) is -0.626. The van der Waals surface area contributed by atoms with E-state index in [4.69, 9.17) is 18.9 Å². The molecule has 4 unspecified atom stereocenters. The van der Waals surface area contributed by atoms with Crippen LogP contribution < -0.4 is 0 Å². The molecule has 0 aromatic carbocycles. The van der Waals surface area contributed by atoms with Crippen LogP contribution in [0.2, 0.25) is 0 Å². The highest BCUT2D eigenvalue weighted by molar-refractivity contribution is 5.83. The summed E-state index contributed by atoms with van der Waals surface area (Å²) in [6.45, 7) is 7.01. The summed E-state index contributed by atoms with van der Waals surface area (Å²) in [6.07, 6.45) is -3.77. The van der Waals surface area contributed by atoms with Crippen molar-refractivity contribution in [1.29, 1.82) is 0 Å². The van der Waals surface area contributed by atoms with Crippen molar-refractivity contribution < 1.29 is 33.3 Å². The molecule has 0 aromatic rings. The summed E-state index contributed by atoms with van der Waals surface area (Å²) >= 11 is 0. The van der Waals surface area contributed by atoms with E-state index in [0.29, 0.717) is 6.42 Å². The molecular formula is C13H18O7. The summed E-state index contributed by atoms with van der Waals surface area (Å²) in [5, 5.41) is 0. The smallest absolute Gasteiger partial charge is 0.458 e. The van der Waals surface area contributed by atoms with Gasteiger partial charge in [-0.05, 0) is 27.2 Å². The summed E-state index contributed by atoms with van der Waals surface area (Å²) < 4.78 is 20.0. The number of carbonyl (C=O) groups excluding carboxylic acids is 3. The Hall–Kier alpha value is -1.79. The average molecular weight is 286 g/mol. The Labute approximate surface area is 116 Å². The number of hydrogen-bond donors (Lipinski definition) is 0. The summed E-state index contributed by atoms with van der Waals surface area (Å²) in [5.74, 6) is -1.07. The van der Waals surface area contributed by atoms with Crippen molar-refractivity contribution in [1.82, 2.24) is 0 Å². The van der Waals surface area contributed by atoms with Gasteiger partial charge >= 0.3 is 18.1 Å². The Morgan fingerprint density at radius 3 is 2.55 bits per heavy atom. The van der Waals surface area contributed by atoms with E-state index in [0.717, 1.165) is 0 Å². The molecule has 4 atom stereocenters. The van der Waals surface area contributed by atoms with Crippen molar-refractivity contribution in [2.75, 3.05) is 0 Å². The molecule has 0 bridgehead atoms. The molecule has 0 saturated carbocycles. The maximum atomic E-state index is 12.0. The van der Waals surface area contributed by atoms with E-state index in [2.05, 4.69) is 0 Å². The molecule has 2 rings (SSSR count). The molecular weight excluding hydrogens is 268 g/mol. The van der Waals surface area contributed by atoms with Gasteiger partial charge in [-0.3, -0.25) is 4.79 Å². The zero-order valence-corrected chi connectivity index (χ0v) is 11.9. The fourth-order valence-corrected chi connectivity index (χ4v) is 1.96. The predicted molar refractivity (Wildman–Crippen MR) is 64.6 cm³/mol. The number of carbonyl (C=O) groups is 3. The Morgan fingerprint density at radius 2 is 1.95 bits per heavy atom. The maximum absolute atomic E-state index is 12.0. The minimum atomic E-state index is -1.06. The van der Waals surface area contributed by atoms with E-state index in [1.54, 1.807) is 20.8 Å². The molecule has 2 saturated heterocycles. The topological polar surface area (TPSA) is 88.1 Å². The number of fused-ring (bicyclic) bond motifs is 1. The normalized spacial score (nSPS) is 30.1. The standard InChI is InChI=1S/C13H18O7/c1-5-13(3,4)11(15)17-6(2)7-8-9(10(14)18-7)20-12(16)19-8/h6-9H,5H2,1-4H3. The Morgan fingerprint density at radius 1 is 1.30 bits per heavy atom. The first kappa shape index (κ1) is 14.6. The molecule has 7 nitrogen and oxygen atoms in total. The summed E-state index contributed by atoms with van der Waals surface area (Å²) in [4.78, 5) is 34.6. The van der Waals surface area contributed by atoms with Gasteiger partial charge in [-0.25, -0.2) is 9.59 Å². The van der Waals surface area contributed by atoms with Crippen molar-refractivity contribution in [3.63, 3.8) is 0 Å². The number of hydrogen-bond acceptors (Lipinski definition) is 7. The van der Waals surface area contributed by atoms with Crippen LogP contribution in [0.1, 0.15) is 34.1 Å². The van der Waals surface area contributed by atoms with Crippen molar-refractivity contribution in [2.45, 2.75) is 58.5 Å². The van der Waals surface area contributed by atoms with Gasteiger partial charge in [0.05, 0.1) is 5.41 Å². The van der Waals surface area contributed by atoms with Crippen molar-refractivity contribution in [3.05, 3.63) is 0 Å². The van der Waals surface area contributed by atoms with E-state index in [1.165, 1.54) is 0 Å². The Bertz CT molecular complexity index is 442. The molecule has 0 radical (unpaired) electrons. The first-order valence-corrected chi connectivity index (χ1v) is 6.55. The van der Waals surface area contributed by atoms with Gasteiger partial charge in [0, 0.05) is 0 Å². The zero-order valence-electron chi connectivity index (χ0n) is 11.9. The molecule has 20 heavy (non-hydrogen) atoms. The molecule has 0 amide bonds. The molecule has 7 heteroatoms. The molecule has 2 aliphatic heterocycles. The van der Waals surface area contributed by atoms with Gasteiger partial charge in [0.2, 0.25) is 6.10 Å². The predicted octanol–water partition coefficient (Wildman–Crippen LogP) is 1.18. The molecule has 0 N–H and O–H groups in total. The van der Waals surface area contributed by atoms with Crippen LogP contribution in [-0.4, -0.2) is 42.5 Å².